The van der Waals surface area contributed by atoms with Gasteiger partial charge in [0, 0.05) is 38.1 Å². The minimum absolute atomic E-state index is 0.173. The van der Waals surface area contributed by atoms with Gasteiger partial charge in [0.1, 0.15) is 0 Å². The molecule has 1 amide bonds. The quantitative estimate of drug-likeness (QED) is 0.683. The van der Waals surface area contributed by atoms with Gasteiger partial charge < -0.3 is 14.2 Å². The Morgan fingerprint density at radius 3 is 2.55 bits per heavy atom. The number of hydrogen-bond donors (Lipinski definition) is 0. The fourth-order valence-electron chi connectivity index (χ4n) is 5.57. The zero-order valence-electron chi connectivity index (χ0n) is 19.4. The molecule has 0 radical (unpaired) electrons. The van der Waals surface area contributed by atoms with Crippen molar-refractivity contribution in [2.75, 3.05) is 32.8 Å². The average Bonchev–Trinajstić information content (AvgIpc) is 3.06. The molecule has 7 nitrogen and oxygen atoms in total. The van der Waals surface area contributed by atoms with Crippen molar-refractivity contribution in [1.29, 1.82) is 0 Å². The number of hydrogen-bond acceptors (Lipinski definition) is 6. The molecular weight excluding hydrogens is 392 g/mol. The zero-order chi connectivity index (χ0) is 21.6. The average molecular weight is 433 g/mol. The first kappa shape index (κ1) is 22.7. The first-order valence-electron chi connectivity index (χ1n) is 12.5. The Kier molecular flexibility index (Phi) is 7.99. The van der Waals surface area contributed by atoms with Gasteiger partial charge in [0.2, 0.25) is 11.8 Å². The summed E-state index contributed by atoms with van der Waals surface area (Å²) >= 11 is 0. The lowest BCUT2D eigenvalue weighted by Gasteiger charge is -2.42. The topological polar surface area (TPSA) is 71.7 Å². The number of amides is 1. The number of ether oxygens (including phenoxy) is 1. The van der Waals surface area contributed by atoms with Gasteiger partial charge in [0.25, 0.3) is 0 Å². The summed E-state index contributed by atoms with van der Waals surface area (Å²) in [7, 11) is 0. The van der Waals surface area contributed by atoms with Crippen LogP contribution in [0.1, 0.15) is 76.9 Å². The van der Waals surface area contributed by atoms with Crippen LogP contribution < -0.4 is 0 Å². The van der Waals surface area contributed by atoms with E-state index in [-0.39, 0.29) is 5.92 Å². The monoisotopic (exact) mass is 432 g/mol. The molecule has 0 aromatic carbocycles. The van der Waals surface area contributed by atoms with E-state index in [1.165, 1.54) is 19.3 Å². The van der Waals surface area contributed by atoms with E-state index in [9.17, 15) is 4.79 Å². The van der Waals surface area contributed by atoms with E-state index in [0.717, 1.165) is 89.6 Å². The Labute approximate surface area is 186 Å². The molecule has 1 aromatic heterocycles. The maximum atomic E-state index is 13.4. The number of nitrogens with zero attached hydrogens (tertiary/aromatic N) is 4. The van der Waals surface area contributed by atoms with Crippen LogP contribution in [0.4, 0.5) is 0 Å². The van der Waals surface area contributed by atoms with E-state index in [0.29, 0.717) is 23.8 Å². The second kappa shape index (κ2) is 10.9. The SMILES string of the molecule is CC(C)Cc1noc(CN2CCC([C@H]3CCCCCN3C(=O)C3CCOCC3)CC2)n1. The molecule has 4 heterocycles. The van der Waals surface area contributed by atoms with Gasteiger partial charge in [-0.25, -0.2) is 0 Å². The van der Waals surface area contributed by atoms with E-state index >= 15 is 0 Å². The van der Waals surface area contributed by atoms with Gasteiger partial charge in [0.05, 0.1) is 6.54 Å². The van der Waals surface area contributed by atoms with E-state index in [4.69, 9.17) is 9.26 Å². The standard InChI is InChI=1S/C24H40N4O3/c1-18(2)16-22-25-23(31-26-22)17-27-12-7-19(8-13-27)21-6-4-3-5-11-28(21)24(29)20-9-14-30-15-10-20/h18-21H,3-17H2,1-2H3/t21-/m1/s1. The summed E-state index contributed by atoms with van der Waals surface area (Å²) in [5.41, 5.74) is 0. The van der Waals surface area contributed by atoms with Gasteiger partial charge >= 0.3 is 0 Å². The van der Waals surface area contributed by atoms with Crippen LogP contribution in [-0.2, 0) is 22.5 Å². The summed E-state index contributed by atoms with van der Waals surface area (Å²) in [5.74, 6) is 3.28. The largest absolute Gasteiger partial charge is 0.381 e. The summed E-state index contributed by atoms with van der Waals surface area (Å²) < 4.78 is 11.0. The molecule has 0 bridgehead atoms. The molecule has 3 saturated heterocycles. The summed E-state index contributed by atoms with van der Waals surface area (Å²) in [6.07, 6.45) is 9.77. The number of aromatic nitrogens is 2. The predicted octanol–water partition coefficient (Wildman–Crippen LogP) is 3.68. The number of carbonyl (C=O) groups excluding carboxylic acids is 1. The Bertz CT molecular complexity index is 693. The van der Waals surface area contributed by atoms with Gasteiger partial charge in [-0.3, -0.25) is 9.69 Å². The van der Waals surface area contributed by atoms with Gasteiger partial charge in [-0.15, -0.1) is 0 Å². The molecule has 3 fully saturated rings. The van der Waals surface area contributed by atoms with Gasteiger partial charge in [-0.05, 0) is 63.5 Å². The Balaban J connectivity index is 1.32. The Morgan fingerprint density at radius 2 is 1.81 bits per heavy atom. The number of piperidine rings is 1. The van der Waals surface area contributed by atoms with Crippen LogP contribution in [0.5, 0.6) is 0 Å². The zero-order valence-corrected chi connectivity index (χ0v) is 19.4. The fourth-order valence-corrected chi connectivity index (χ4v) is 5.57. The lowest BCUT2D eigenvalue weighted by atomic mass is 9.85. The fraction of sp³-hybridized carbons (Fsp3) is 0.875. The van der Waals surface area contributed by atoms with Crippen molar-refractivity contribution in [2.45, 2.75) is 84.2 Å². The highest BCUT2D eigenvalue weighted by Crippen LogP contribution is 2.32. The van der Waals surface area contributed by atoms with Crippen LogP contribution in [0.15, 0.2) is 4.52 Å². The minimum Gasteiger partial charge on any atom is -0.381 e. The highest BCUT2D eigenvalue weighted by molar-refractivity contribution is 5.79. The lowest BCUT2D eigenvalue weighted by molar-refractivity contribution is -0.142. The molecular formula is C24H40N4O3. The highest BCUT2D eigenvalue weighted by atomic mass is 16.5. The van der Waals surface area contributed by atoms with Crippen molar-refractivity contribution in [2.24, 2.45) is 17.8 Å². The van der Waals surface area contributed by atoms with E-state index < -0.39 is 0 Å². The Hall–Kier alpha value is -1.47. The molecule has 0 unspecified atom stereocenters. The van der Waals surface area contributed by atoms with Gasteiger partial charge in [0.15, 0.2) is 5.82 Å². The molecule has 0 N–H and O–H groups in total. The van der Waals surface area contributed by atoms with Crippen molar-refractivity contribution in [3.05, 3.63) is 11.7 Å². The molecule has 0 spiro atoms. The van der Waals surface area contributed by atoms with Crippen molar-refractivity contribution in [3.8, 4) is 0 Å². The molecule has 31 heavy (non-hydrogen) atoms. The smallest absolute Gasteiger partial charge is 0.240 e. The molecule has 1 aromatic rings. The third kappa shape index (κ3) is 6.07. The molecule has 3 aliphatic rings. The number of carbonyl (C=O) groups is 1. The molecule has 0 saturated carbocycles. The minimum atomic E-state index is 0.173. The second-order valence-corrected chi connectivity index (χ2v) is 10.2. The first-order chi connectivity index (χ1) is 15.1. The molecule has 3 aliphatic heterocycles. The van der Waals surface area contributed by atoms with Gasteiger partial charge in [-0.2, -0.15) is 4.98 Å². The lowest BCUT2D eigenvalue weighted by Crippen LogP contribution is -2.50. The van der Waals surface area contributed by atoms with E-state index in [1.54, 1.807) is 0 Å². The van der Waals surface area contributed by atoms with E-state index in [1.807, 2.05) is 0 Å². The maximum Gasteiger partial charge on any atom is 0.240 e. The highest BCUT2D eigenvalue weighted by Gasteiger charge is 2.36. The normalized spacial score (nSPS) is 25.1. The van der Waals surface area contributed by atoms with Crippen LogP contribution in [0.2, 0.25) is 0 Å². The number of likely N-dealkylation sites (tertiary alicyclic amines) is 2. The summed E-state index contributed by atoms with van der Waals surface area (Å²) in [6.45, 7) is 9.60. The molecule has 4 rings (SSSR count). The summed E-state index contributed by atoms with van der Waals surface area (Å²) in [5, 5.41) is 4.13. The third-order valence-electron chi connectivity index (χ3n) is 7.29. The summed E-state index contributed by atoms with van der Waals surface area (Å²) in [4.78, 5) is 22.7. The van der Waals surface area contributed by atoms with Crippen LogP contribution in [-0.4, -0.2) is 64.7 Å². The van der Waals surface area contributed by atoms with Crippen LogP contribution >= 0.6 is 0 Å². The Morgan fingerprint density at radius 1 is 1.03 bits per heavy atom. The molecule has 174 valence electrons. The van der Waals surface area contributed by atoms with Crippen molar-refractivity contribution >= 4 is 5.91 Å². The van der Waals surface area contributed by atoms with Crippen molar-refractivity contribution < 1.29 is 14.1 Å². The summed E-state index contributed by atoms with van der Waals surface area (Å²) in [6, 6.07) is 0.418. The third-order valence-corrected chi connectivity index (χ3v) is 7.29. The van der Waals surface area contributed by atoms with Crippen molar-refractivity contribution in [1.82, 2.24) is 19.9 Å². The van der Waals surface area contributed by atoms with Crippen LogP contribution in [0.25, 0.3) is 0 Å². The number of rotatable bonds is 6. The first-order valence-corrected chi connectivity index (χ1v) is 12.5. The van der Waals surface area contributed by atoms with Crippen LogP contribution in [0.3, 0.4) is 0 Å². The molecule has 1 atom stereocenters. The predicted molar refractivity (Wildman–Crippen MR) is 118 cm³/mol. The van der Waals surface area contributed by atoms with Crippen LogP contribution in [0, 0.1) is 17.8 Å². The van der Waals surface area contributed by atoms with Gasteiger partial charge in [-0.1, -0.05) is 31.8 Å². The van der Waals surface area contributed by atoms with E-state index in [2.05, 4.69) is 33.8 Å². The van der Waals surface area contributed by atoms with Crippen molar-refractivity contribution in [3.63, 3.8) is 0 Å². The molecule has 0 aliphatic carbocycles. The molecule has 7 heteroatoms. The second-order valence-electron chi connectivity index (χ2n) is 10.2. The maximum absolute atomic E-state index is 13.4.